The minimum Gasteiger partial charge on any atom is -0.399 e. The highest BCUT2D eigenvalue weighted by Crippen LogP contribution is 2.31. The monoisotopic (exact) mass is 342 g/mol. The molecule has 0 atom stereocenters. The van der Waals surface area contributed by atoms with Gasteiger partial charge in [-0.25, -0.2) is 8.42 Å². The van der Waals surface area contributed by atoms with Gasteiger partial charge in [0.15, 0.2) is 0 Å². The Labute approximate surface area is 133 Å². The highest BCUT2D eigenvalue weighted by molar-refractivity contribution is 7.89. The molecule has 0 amide bonds. The molecule has 0 aliphatic carbocycles. The Morgan fingerprint density at radius 3 is 2.24 bits per heavy atom. The van der Waals surface area contributed by atoms with E-state index in [1.165, 1.54) is 22.5 Å². The first-order chi connectivity index (χ1) is 9.86. The smallest absolute Gasteiger partial charge is 0.243 e. The Hall–Kier alpha value is -1.27. The van der Waals surface area contributed by atoms with E-state index in [9.17, 15) is 8.42 Å². The van der Waals surface area contributed by atoms with Gasteiger partial charge in [0.05, 0.1) is 4.90 Å². The highest BCUT2D eigenvalue weighted by Gasteiger charge is 2.31. The largest absolute Gasteiger partial charge is 0.399 e. The van der Waals surface area contributed by atoms with Crippen LogP contribution in [0.25, 0.3) is 0 Å². The van der Waals surface area contributed by atoms with Gasteiger partial charge < -0.3 is 5.73 Å². The van der Waals surface area contributed by atoms with E-state index < -0.39 is 10.0 Å². The SMILES string of the molecule is Nc1ccc2c(c1)CN(S(=O)(=O)c1cc(Cl)cc(Cl)c1)C2. The molecule has 2 N–H and O–H groups in total. The molecule has 0 saturated heterocycles. The van der Waals surface area contributed by atoms with Crippen molar-refractivity contribution in [2.24, 2.45) is 0 Å². The van der Waals surface area contributed by atoms with Gasteiger partial charge in [-0.3, -0.25) is 0 Å². The van der Waals surface area contributed by atoms with Crippen LogP contribution in [0.4, 0.5) is 5.69 Å². The molecule has 7 heteroatoms. The van der Waals surface area contributed by atoms with E-state index in [0.717, 1.165) is 11.1 Å². The molecule has 0 bridgehead atoms. The van der Waals surface area contributed by atoms with Crippen molar-refractivity contribution in [2.45, 2.75) is 18.0 Å². The van der Waals surface area contributed by atoms with Gasteiger partial charge in [0, 0.05) is 28.8 Å². The van der Waals surface area contributed by atoms with Crippen LogP contribution in [0, 0.1) is 0 Å². The zero-order chi connectivity index (χ0) is 15.2. The lowest BCUT2D eigenvalue weighted by Crippen LogP contribution is -2.25. The number of nitrogen functional groups attached to an aromatic ring is 1. The van der Waals surface area contributed by atoms with Crippen LogP contribution in [0.1, 0.15) is 11.1 Å². The third kappa shape index (κ3) is 2.74. The van der Waals surface area contributed by atoms with Crippen molar-refractivity contribution >= 4 is 38.9 Å². The summed E-state index contributed by atoms with van der Waals surface area (Å²) in [5, 5.41) is 0.587. The fourth-order valence-electron chi connectivity index (χ4n) is 2.38. The van der Waals surface area contributed by atoms with Gasteiger partial charge in [0.1, 0.15) is 0 Å². The lowest BCUT2D eigenvalue weighted by molar-refractivity contribution is 0.431. The molecule has 0 fully saturated rings. The fourth-order valence-corrected chi connectivity index (χ4v) is 4.50. The maximum absolute atomic E-state index is 12.7. The zero-order valence-corrected chi connectivity index (χ0v) is 13.2. The number of fused-ring (bicyclic) bond motifs is 1. The molecule has 3 rings (SSSR count). The average molecular weight is 343 g/mol. The zero-order valence-electron chi connectivity index (χ0n) is 10.9. The molecule has 0 aromatic heterocycles. The van der Waals surface area contributed by atoms with E-state index >= 15 is 0 Å². The van der Waals surface area contributed by atoms with Crippen LogP contribution >= 0.6 is 23.2 Å². The van der Waals surface area contributed by atoms with Crippen molar-refractivity contribution < 1.29 is 8.42 Å². The third-order valence-electron chi connectivity index (χ3n) is 3.40. The Morgan fingerprint density at radius 1 is 0.952 bits per heavy atom. The molecule has 21 heavy (non-hydrogen) atoms. The Balaban J connectivity index is 1.98. The number of hydrogen-bond acceptors (Lipinski definition) is 3. The Bertz CT molecular complexity index is 801. The van der Waals surface area contributed by atoms with Gasteiger partial charge in [-0.15, -0.1) is 0 Å². The van der Waals surface area contributed by atoms with Crippen LogP contribution in [0.15, 0.2) is 41.3 Å². The number of halogens is 2. The summed E-state index contributed by atoms with van der Waals surface area (Å²) in [7, 11) is -3.64. The van der Waals surface area contributed by atoms with Crippen molar-refractivity contribution in [3.05, 3.63) is 57.6 Å². The van der Waals surface area contributed by atoms with E-state index in [0.29, 0.717) is 28.8 Å². The number of hydrogen-bond donors (Lipinski definition) is 1. The molecule has 2 aromatic carbocycles. The number of benzene rings is 2. The summed E-state index contributed by atoms with van der Waals surface area (Å²) in [5.41, 5.74) is 8.24. The summed E-state index contributed by atoms with van der Waals surface area (Å²) in [4.78, 5) is 0.0979. The fraction of sp³-hybridized carbons (Fsp3) is 0.143. The normalized spacial score (nSPS) is 15.1. The van der Waals surface area contributed by atoms with E-state index in [1.807, 2.05) is 6.07 Å². The molecule has 0 unspecified atom stereocenters. The molecule has 2 aromatic rings. The number of nitrogens with zero attached hydrogens (tertiary/aromatic N) is 1. The van der Waals surface area contributed by atoms with Crippen molar-refractivity contribution in [2.75, 3.05) is 5.73 Å². The minimum atomic E-state index is -3.64. The summed E-state index contributed by atoms with van der Waals surface area (Å²) in [6, 6.07) is 9.73. The summed E-state index contributed by atoms with van der Waals surface area (Å²) in [5.74, 6) is 0. The molecule has 1 aliphatic rings. The minimum absolute atomic E-state index is 0.0979. The van der Waals surface area contributed by atoms with Gasteiger partial charge in [-0.05, 0) is 41.5 Å². The van der Waals surface area contributed by atoms with Crippen LogP contribution in [0.3, 0.4) is 0 Å². The van der Waals surface area contributed by atoms with Gasteiger partial charge in [0.2, 0.25) is 10.0 Å². The third-order valence-corrected chi connectivity index (χ3v) is 5.60. The second kappa shape index (κ2) is 5.18. The quantitative estimate of drug-likeness (QED) is 0.851. The number of anilines is 1. The average Bonchev–Trinajstić information content (AvgIpc) is 2.81. The number of rotatable bonds is 2. The second-order valence-corrected chi connectivity index (χ2v) is 7.72. The van der Waals surface area contributed by atoms with Crippen molar-refractivity contribution in [1.29, 1.82) is 0 Å². The predicted molar refractivity (Wildman–Crippen MR) is 83.7 cm³/mol. The van der Waals surface area contributed by atoms with E-state index in [2.05, 4.69) is 0 Å². The summed E-state index contributed by atoms with van der Waals surface area (Å²) < 4.78 is 26.7. The summed E-state index contributed by atoms with van der Waals surface area (Å²) in [6.45, 7) is 0.620. The Morgan fingerprint density at radius 2 is 1.57 bits per heavy atom. The highest BCUT2D eigenvalue weighted by atomic mass is 35.5. The molecule has 1 heterocycles. The first-order valence-corrected chi connectivity index (χ1v) is 8.39. The van der Waals surface area contributed by atoms with E-state index in [4.69, 9.17) is 28.9 Å². The first-order valence-electron chi connectivity index (χ1n) is 6.20. The Kier molecular flexibility index (Phi) is 3.61. The molecule has 110 valence electrons. The van der Waals surface area contributed by atoms with Gasteiger partial charge in [-0.1, -0.05) is 29.3 Å². The van der Waals surface area contributed by atoms with Gasteiger partial charge >= 0.3 is 0 Å². The van der Waals surface area contributed by atoms with Crippen LogP contribution in [0.2, 0.25) is 10.0 Å². The van der Waals surface area contributed by atoms with Crippen molar-refractivity contribution in [3.63, 3.8) is 0 Å². The van der Waals surface area contributed by atoms with E-state index in [-0.39, 0.29) is 4.90 Å². The van der Waals surface area contributed by atoms with E-state index in [1.54, 1.807) is 12.1 Å². The summed E-state index contributed by atoms with van der Waals surface area (Å²) >= 11 is 11.8. The van der Waals surface area contributed by atoms with Gasteiger partial charge in [0.25, 0.3) is 0 Å². The molecule has 0 spiro atoms. The van der Waals surface area contributed by atoms with Crippen molar-refractivity contribution in [3.8, 4) is 0 Å². The first kappa shape index (κ1) is 14.7. The maximum atomic E-state index is 12.7. The topological polar surface area (TPSA) is 63.4 Å². The maximum Gasteiger partial charge on any atom is 0.243 e. The molecule has 1 aliphatic heterocycles. The van der Waals surface area contributed by atoms with Crippen LogP contribution < -0.4 is 5.73 Å². The lowest BCUT2D eigenvalue weighted by Gasteiger charge is -2.16. The predicted octanol–water partition coefficient (Wildman–Crippen LogP) is 3.28. The second-order valence-electron chi connectivity index (χ2n) is 4.91. The molecule has 0 radical (unpaired) electrons. The number of nitrogens with two attached hydrogens (primary N) is 1. The summed E-state index contributed by atoms with van der Waals surface area (Å²) in [6.07, 6.45) is 0. The molecule has 0 saturated carbocycles. The van der Waals surface area contributed by atoms with Crippen molar-refractivity contribution in [1.82, 2.24) is 4.31 Å². The molecular formula is C14H12Cl2N2O2S. The lowest BCUT2D eigenvalue weighted by atomic mass is 10.1. The van der Waals surface area contributed by atoms with Crippen LogP contribution in [-0.2, 0) is 23.1 Å². The van der Waals surface area contributed by atoms with Crippen LogP contribution in [-0.4, -0.2) is 12.7 Å². The molecular weight excluding hydrogens is 331 g/mol. The van der Waals surface area contributed by atoms with Crippen LogP contribution in [0.5, 0.6) is 0 Å². The standard InChI is InChI=1S/C14H12Cl2N2O2S/c15-11-4-12(16)6-14(5-11)21(19,20)18-7-9-1-2-13(17)3-10(9)8-18/h1-6H,7-8,17H2. The van der Waals surface area contributed by atoms with Gasteiger partial charge in [-0.2, -0.15) is 4.31 Å². The molecule has 4 nitrogen and oxygen atoms in total. The number of sulfonamides is 1.